The van der Waals surface area contributed by atoms with E-state index in [4.69, 9.17) is 9.82 Å². The number of halogens is 3. The molecule has 2 atom stereocenters. The molecule has 13 nitrogen and oxygen atoms in total. The zero-order valence-electron chi connectivity index (χ0n) is 37.4. The highest BCUT2D eigenvalue weighted by Crippen LogP contribution is 2.44. The van der Waals surface area contributed by atoms with Crippen LogP contribution in [0, 0.1) is 0 Å². The van der Waals surface area contributed by atoms with Gasteiger partial charge in [0.2, 0.25) is 5.60 Å². The molecule has 19 heteroatoms. The van der Waals surface area contributed by atoms with Crippen LogP contribution in [0.3, 0.4) is 0 Å². The first-order valence-electron chi connectivity index (χ1n) is 22.0. The summed E-state index contributed by atoms with van der Waals surface area (Å²) in [5.41, 5.74) is -4.72. The summed E-state index contributed by atoms with van der Waals surface area (Å²) in [4.78, 5) is 54.2. The summed E-state index contributed by atoms with van der Waals surface area (Å²) in [7, 11) is -6.04. The summed E-state index contributed by atoms with van der Waals surface area (Å²) in [6.45, 7) is 0. The number of benzene rings is 6. The Hall–Kier alpha value is -8.00. The minimum absolute atomic E-state index is 0.0541. The fraction of sp³-hybridized carbons (Fsp3) is 0.113. The molecular formula is C53H40F3N5O8S3. The number of amides is 2. The van der Waals surface area contributed by atoms with E-state index in [2.05, 4.69) is 20.0 Å². The smallest absolute Gasteiger partial charge is 0.477 e. The van der Waals surface area contributed by atoms with E-state index < -0.39 is 61.7 Å². The maximum Gasteiger partial charge on any atom is 0.534 e. The van der Waals surface area contributed by atoms with Gasteiger partial charge in [-0.05, 0) is 28.3 Å². The number of carbonyl (C=O) groups excluding carboxylic acids is 2. The molecule has 1 fully saturated rings. The third-order valence-electron chi connectivity index (χ3n) is 11.9. The normalized spacial score (nSPS) is 16.4. The lowest BCUT2D eigenvalue weighted by molar-refractivity contribution is -0.150. The molecule has 9 rings (SSSR count). The van der Waals surface area contributed by atoms with Crippen LogP contribution in [0.15, 0.2) is 216 Å². The largest absolute Gasteiger partial charge is 0.534 e. The Kier molecular flexibility index (Phi) is 13.9. The molecule has 1 aromatic heterocycles. The van der Waals surface area contributed by atoms with Gasteiger partial charge in [-0.25, -0.2) is 9.78 Å². The Balaban J connectivity index is 1.13. The van der Waals surface area contributed by atoms with Gasteiger partial charge in [0.25, 0.3) is 11.8 Å². The average Bonchev–Trinajstić information content (AvgIpc) is 3.87. The van der Waals surface area contributed by atoms with Crippen molar-refractivity contribution in [2.45, 2.75) is 28.1 Å². The lowest BCUT2D eigenvalue weighted by Crippen LogP contribution is -2.71. The lowest BCUT2D eigenvalue weighted by atomic mass is 9.77. The van der Waals surface area contributed by atoms with Crippen molar-refractivity contribution in [3.8, 4) is 0 Å². The van der Waals surface area contributed by atoms with Crippen molar-refractivity contribution in [1.29, 1.82) is 0 Å². The molecule has 0 bridgehead atoms. The Labute approximate surface area is 419 Å². The number of alkyl halides is 3. The van der Waals surface area contributed by atoms with Gasteiger partial charge in [0.15, 0.2) is 10.8 Å². The molecule has 2 aliphatic heterocycles. The van der Waals surface area contributed by atoms with Crippen LogP contribution in [-0.2, 0) is 44.7 Å². The van der Waals surface area contributed by atoms with Crippen molar-refractivity contribution in [2.75, 3.05) is 11.1 Å². The zero-order chi connectivity index (χ0) is 50.5. The van der Waals surface area contributed by atoms with Crippen LogP contribution in [0.4, 0.5) is 18.3 Å². The third kappa shape index (κ3) is 9.36. The quantitative estimate of drug-likeness (QED) is 0.0151. The number of aromatic nitrogens is 1. The van der Waals surface area contributed by atoms with E-state index in [-0.39, 0.29) is 29.0 Å². The van der Waals surface area contributed by atoms with E-state index in [1.165, 1.54) is 11.3 Å². The van der Waals surface area contributed by atoms with Crippen LogP contribution in [0.25, 0.3) is 0 Å². The molecule has 0 saturated carbocycles. The predicted octanol–water partition coefficient (Wildman–Crippen LogP) is 9.38. The summed E-state index contributed by atoms with van der Waals surface area (Å²) in [6.07, 6.45) is 0.917. The standard InChI is InChI=1S/C53H40F3N5O8S3/c54-53(55,56)72(66,67)68-32-31-35-33-70-48-44(47(63)61(48)45(35)49(64)65)58-46(62)43(60-69-52(39-25-13-4-14-26-39,40-27-15-5-16-28-40)41-29-17-6-18-30-41)42-34-71-50(57-42)59-51(36-19-7-1-8-20-36,37-21-9-2-10-22-37)38-23-11-3-12-24-38/h1-32,34,44,48H,33H2,(H,57,59)(H,58,62)(H,64,65)/t44?,48-/m0/s1. The maximum atomic E-state index is 15.0. The second-order valence-corrected chi connectivity index (χ2v) is 19.7. The molecule has 0 radical (unpaired) electrons. The van der Waals surface area contributed by atoms with Gasteiger partial charge < -0.3 is 24.8 Å². The summed E-state index contributed by atoms with van der Waals surface area (Å²) >= 11 is 2.17. The number of nitrogens with one attached hydrogen (secondary N) is 2. The molecule has 1 unspecified atom stereocenters. The molecular weight excluding hydrogens is 988 g/mol. The van der Waals surface area contributed by atoms with E-state index in [0.29, 0.717) is 21.8 Å². The first kappa shape index (κ1) is 49.0. The Bertz CT molecular complexity index is 3100. The summed E-state index contributed by atoms with van der Waals surface area (Å²) in [5.74, 6) is -3.64. The number of fused-ring (bicyclic) bond motifs is 1. The van der Waals surface area contributed by atoms with Crippen molar-refractivity contribution >= 4 is 61.8 Å². The molecule has 2 amide bonds. The number of nitrogens with zero attached hydrogens (tertiary/aromatic N) is 3. The lowest BCUT2D eigenvalue weighted by Gasteiger charge is -2.49. The summed E-state index contributed by atoms with van der Waals surface area (Å²) < 4.78 is 65.7. The number of hydrogen-bond donors (Lipinski definition) is 3. The monoisotopic (exact) mass is 1030 g/mol. The van der Waals surface area contributed by atoms with Crippen molar-refractivity contribution in [1.82, 2.24) is 15.2 Å². The van der Waals surface area contributed by atoms with Gasteiger partial charge in [-0.15, -0.1) is 23.1 Å². The van der Waals surface area contributed by atoms with Crippen LogP contribution in [-0.4, -0.2) is 69.6 Å². The van der Waals surface area contributed by atoms with Crippen molar-refractivity contribution < 1.29 is 50.1 Å². The van der Waals surface area contributed by atoms with Gasteiger partial charge in [-0.3, -0.25) is 14.5 Å². The Morgan fingerprint density at radius 2 is 1.17 bits per heavy atom. The number of aliphatic carboxylic acids is 1. The molecule has 6 aromatic carbocycles. The van der Waals surface area contributed by atoms with E-state index in [9.17, 15) is 41.1 Å². The molecule has 2 aliphatic rings. The second kappa shape index (κ2) is 20.4. The molecule has 0 spiro atoms. The molecule has 1 saturated heterocycles. The summed E-state index contributed by atoms with van der Waals surface area (Å²) in [5, 5.41) is 22.3. The van der Waals surface area contributed by atoms with Crippen molar-refractivity contribution in [2.24, 2.45) is 5.16 Å². The predicted molar refractivity (Wildman–Crippen MR) is 267 cm³/mol. The Morgan fingerprint density at radius 1 is 0.722 bits per heavy atom. The highest BCUT2D eigenvalue weighted by molar-refractivity contribution is 8.00. The number of anilines is 1. The number of hydrogen-bond acceptors (Lipinski definition) is 12. The molecule has 7 aromatic rings. The zero-order valence-corrected chi connectivity index (χ0v) is 39.9. The van der Waals surface area contributed by atoms with Gasteiger partial charge in [0.1, 0.15) is 34.6 Å². The van der Waals surface area contributed by atoms with E-state index in [1.807, 2.05) is 182 Å². The van der Waals surface area contributed by atoms with Crippen LogP contribution in [0.2, 0.25) is 0 Å². The SMILES string of the molecule is O=C(O)C1=C(C=COS(=O)(=O)C(F)(F)F)CS[C@H]2C(NC(=O)C(=NOC(c3ccccc3)(c3ccccc3)c3ccccc3)c3csc(NC(c4ccccc4)(c4ccccc4)c4ccccc4)n3)C(=O)N12. The van der Waals surface area contributed by atoms with Gasteiger partial charge >= 0.3 is 21.6 Å². The molecule has 72 heavy (non-hydrogen) atoms. The van der Waals surface area contributed by atoms with Gasteiger partial charge in [-0.2, -0.15) is 21.6 Å². The number of carboxylic acid groups (broad SMARTS) is 1. The number of thioether (sulfide) groups is 1. The first-order chi connectivity index (χ1) is 34.7. The highest BCUT2D eigenvalue weighted by atomic mass is 32.2. The van der Waals surface area contributed by atoms with E-state index in [1.54, 1.807) is 5.38 Å². The maximum absolute atomic E-state index is 15.0. The van der Waals surface area contributed by atoms with Gasteiger partial charge in [-0.1, -0.05) is 187 Å². The minimum atomic E-state index is -6.04. The van der Waals surface area contributed by atoms with Crippen molar-refractivity contribution in [3.05, 3.63) is 250 Å². The fourth-order valence-electron chi connectivity index (χ4n) is 8.59. The molecule has 3 heterocycles. The minimum Gasteiger partial charge on any atom is -0.477 e. The summed E-state index contributed by atoms with van der Waals surface area (Å²) in [6, 6.07) is 56.0. The number of thiazole rings is 1. The number of rotatable bonds is 17. The fourth-order valence-corrected chi connectivity index (χ4v) is 11.0. The van der Waals surface area contributed by atoms with Crippen LogP contribution in [0.1, 0.15) is 39.1 Å². The van der Waals surface area contributed by atoms with E-state index in [0.717, 1.165) is 39.4 Å². The third-order valence-corrected chi connectivity index (χ3v) is 14.9. The number of carboxylic acids is 1. The van der Waals surface area contributed by atoms with Crippen LogP contribution >= 0.6 is 23.1 Å². The van der Waals surface area contributed by atoms with E-state index >= 15 is 0 Å². The number of carbonyl (C=O) groups is 3. The highest BCUT2D eigenvalue weighted by Gasteiger charge is 2.55. The average molecular weight is 1030 g/mol. The first-order valence-corrected chi connectivity index (χ1v) is 25.3. The molecule has 364 valence electrons. The van der Waals surface area contributed by atoms with Gasteiger partial charge in [0.05, 0.1) is 0 Å². The molecule has 0 aliphatic carbocycles. The number of β-lactam (4-membered cyclic amide) rings is 1. The second-order valence-electron chi connectivity index (χ2n) is 16.2. The number of allylic oxidation sites excluding steroid dienone is 1. The topological polar surface area (TPSA) is 177 Å². The van der Waals surface area contributed by atoms with Gasteiger partial charge in [0, 0.05) is 27.8 Å². The van der Waals surface area contributed by atoms with Crippen LogP contribution in [0.5, 0.6) is 0 Å². The Morgan fingerprint density at radius 3 is 1.60 bits per heavy atom. The van der Waals surface area contributed by atoms with Crippen LogP contribution < -0.4 is 10.6 Å². The van der Waals surface area contributed by atoms with Crippen molar-refractivity contribution in [3.63, 3.8) is 0 Å². The molecule has 3 N–H and O–H groups in total. The number of oxime groups is 1.